The lowest BCUT2D eigenvalue weighted by Crippen LogP contribution is -2.64. The second-order valence-electron chi connectivity index (χ2n) is 6.37. The first-order valence-corrected chi connectivity index (χ1v) is 8.07. The van der Waals surface area contributed by atoms with E-state index in [1.165, 1.54) is 0 Å². The Morgan fingerprint density at radius 2 is 1.90 bits per heavy atom. The molecule has 5 heteroatoms. The van der Waals surface area contributed by atoms with Crippen LogP contribution in [0.15, 0.2) is 0 Å². The minimum Gasteiger partial charge on any atom is -0.380 e. The molecule has 0 aromatic rings. The molecule has 0 aliphatic carbocycles. The van der Waals surface area contributed by atoms with Crippen LogP contribution in [0.5, 0.6) is 0 Å². The van der Waals surface area contributed by atoms with E-state index in [2.05, 4.69) is 19.2 Å². The first kappa shape index (κ1) is 18.0. The normalized spacial score (nSPS) is 24.4. The maximum atomic E-state index is 12.5. The summed E-state index contributed by atoms with van der Waals surface area (Å²) in [6.07, 6.45) is 1.88. The highest BCUT2D eigenvalue weighted by Crippen LogP contribution is 2.17. The van der Waals surface area contributed by atoms with Gasteiger partial charge in [-0.1, -0.05) is 34.1 Å². The van der Waals surface area contributed by atoms with E-state index in [4.69, 9.17) is 4.74 Å². The summed E-state index contributed by atoms with van der Waals surface area (Å²) in [7, 11) is 0. The minimum absolute atomic E-state index is 0.0175. The fraction of sp³-hybridized carbons (Fsp3) is 0.875. The van der Waals surface area contributed by atoms with Gasteiger partial charge in [-0.15, -0.1) is 0 Å². The van der Waals surface area contributed by atoms with Crippen molar-refractivity contribution in [1.29, 1.82) is 0 Å². The maximum Gasteiger partial charge on any atom is 0.246 e. The lowest BCUT2D eigenvalue weighted by atomic mass is 9.94. The third kappa shape index (κ3) is 4.99. The molecule has 0 aromatic heterocycles. The Bertz CT molecular complexity index is 357. The average Bonchev–Trinajstić information content (AvgIpc) is 2.44. The van der Waals surface area contributed by atoms with Crippen LogP contribution < -0.4 is 5.32 Å². The van der Waals surface area contributed by atoms with Crippen LogP contribution in [0.25, 0.3) is 0 Å². The topological polar surface area (TPSA) is 58.6 Å². The number of nitrogens with one attached hydrogen (secondary N) is 1. The number of amides is 2. The van der Waals surface area contributed by atoms with Gasteiger partial charge in [-0.05, 0) is 25.2 Å². The quantitative estimate of drug-likeness (QED) is 0.695. The Labute approximate surface area is 128 Å². The molecule has 0 saturated carbocycles. The fourth-order valence-electron chi connectivity index (χ4n) is 2.36. The van der Waals surface area contributed by atoms with E-state index < -0.39 is 12.1 Å². The highest BCUT2D eigenvalue weighted by atomic mass is 16.5. The summed E-state index contributed by atoms with van der Waals surface area (Å²) >= 11 is 0. The summed E-state index contributed by atoms with van der Waals surface area (Å²) in [5.74, 6) is 0.713. The number of piperazine rings is 1. The van der Waals surface area contributed by atoms with Crippen molar-refractivity contribution in [3.8, 4) is 0 Å². The van der Waals surface area contributed by atoms with E-state index >= 15 is 0 Å². The third-order valence-electron chi connectivity index (χ3n) is 4.22. The maximum absolute atomic E-state index is 12.5. The molecule has 1 N–H and O–H groups in total. The first-order valence-electron chi connectivity index (χ1n) is 8.07. The Balaban J connectivity index is 2.53. The Morgan fingerprint density at radius 3 is 2.48 bits per heavy atom. The summed E-state index contributed by atoms with van der Waals surface area (Å²) in [5, 5.41) is 2.84. The van der Waals surface area contributed by atoms with Gasteiger partial charge in [0.15, 0.2) is 0 Å². The van der Waals surface area contributed by atoms with Gasteiger partial charge >= 0.3 is 0 Å². The molecule has 2 amide bonds. The number of hydrogen-bond donors (Lipinski definition) is 1. The second-order valence-corrected chi connectivity index (χ2v) is 6.37. The molecule has 0 bridgehead atoms. The van der Waals surface area contributed by atoms with Crippen LogP contribution in [0.3, 0.4) is 0 Å². The first-order chi connectivity index (χ1) is 9.88. The van der Waals surface area contributed by atoms with Gasteiger partial charge in [0, 0.05) is 13.2 Å². The fourth-order valence-corrected chi connectivity index (χ4v) is 2.36. The van der Waals surface area contributed by atoms with Gasteiger partial charge in [-0.3, -0.25) is 9.59 Å². The van der Waals surface area contributed by atoms with Gasteiger partial charge in [-0.25, -0.2) is 0 Å². The van der Waals surface area contributed by atoms with E-state index in [1.54, 1.807) is 11.8 Å². The Morgan fingerprint density at radius 1 is 1.24 bits per heavy atom. The summed E-state index contributed by atoms with van der Waals surface area (Å²) in [6, 6.07) is -0.805. The average molecular weight is 298 g/mol. The van der Waals surface area contributed by atoms with Gasteiger partial charge in [-0.2, -0.15) is 0 Å². The monoisotopic (exact) mass is 298 g/mol. The molecule has 0 radical (unpaired) electrons. The zero-order valence-electron chi connectivity index (χ0n) is 14.0. The number of hydrogen-bond acceptors (Lipinski definition) is 3. The third-order valence-corrected chi connectivity index (χ3v) is 4.22. The van der Waals surface area contributed by atoms with Gasteiger partial charge in [0.1, 0.15) is 12.1 Å². The molecule has 1 aliphatic heterocycles. The highest BCUT2D eigenvalue weighted by molar-refractivity contribution is 5.96. The molecule has 3 atom stereocenters. The van der Waals surface area contributed by atoms with E-state index in [0.717, 1.165) is 12.8 Å². The van der Waals surface area contributed by atoms with E-state index in [9.17, 15) is 9.59 Å². The minimum atomic E-state index is -0.411. The van der Waals surface area contributed by atoms with Crippen LogP contribution in [0, 0.1) is 11.8 Å². The zero-order valence-corrected chi connectivity index (χ0v) is 14.0. The molecule has 1 fully saturated rings. The molecule has 21 heavy (non-hydrogen) atoms. The molecule has 3 unspecified atom stereocenters. The van der Waals surface area contributed by atoms with Gasteiger partial charge in [0.25, 0.3) is 0 Å². The molecule has 122 valence electrons. The molecule has 5 nitrogen and oxygen atoms in total. The molecule has 0 spiro atoms. The molecular weight excluding hydrogens is 268 g/mol. The number of ether oxygens (including phenoxy) is 1. The van der Waals surface area contributed by atoms with Crippen LogP contribution in [0.1, 0.15) is 47.5 Å². The van der Waals surface area contributed by atoms with Crippen molar-refractivity contribution < 1.29 is 14.3 Å². The van der Waals surface area contributed by atoms with Crippen molar-refractivity contribution in [2.75, 3.05) is 19.8 Å². The SMILES string of the molecule is CCC(C)C1NC(=O)C(C)N(CCOCCC(C)C)C1=O. The number of nitrogens with zero attached hydrogens (tertiary/aromatic N) is 1. The molecule has 1 aliphatic rings. The largest absolute Gasteiger partial charge is 0.380 e. The molecule has 1 saturated heterocycles. The van der Waals surface area contributed by atoms with Crippen molar-refractivity contribution in [2.24, 2.45) is 11.8 Å². The summed E-state index contributed by atoms with van der Waals surface area (Å²) in [6.45, 7) is 11.8. The molecular formula is C16H30N2O3. The van der Waals surface area contributed by atoms with Gasteiger partial charge in [0.05, 0.1) is 6.61 Å². The highest BCUT2D eigenvalue weighted by Gasteiger charge is 2.39. The standard InChI is InChI=1S/C16H30N2O3/c1-6-12(4)14-16(20)18(13(5)15(19)17-14)8-10-21-9-7-11(2)3/h11-14H,6-10H2,1-5H3,(H,17,19). The van der Waals surface area contributed by atoms with E-state index in [1.807, 2.05) is 13.8 Å². The van der Waals surface area contributed by atoms with Crippen molar-refractivity contribution in [3.05, 3.63) is 0 Å². The Hall–Kier alpha value is -1.10. The van der Waals surface area contributed by atoms with E-state index in [0.29, 0.717) is 25.7 Å². The van der Waals surface area contributed by atoms with Crippen LogP contribution in [0.2, 0.25) is 0 Å². The second kappa shape index (κ2) is 8.37. The zero-order chi connectivity index (χ0) is 16.0. The number of carbonyl (C=O) groups excluding carboxylic acids is 2. The molecule has 1 heterocycles. The predicted molar refractivity (Wildman–Crippen MR) is 82.8 cm³/mol. The summed E-state index contributed by atoms with van der Waals surface area (Å²) in [5.41, 5.74) is 0. The number of carbonyl (C=O) groups is 2. The lowest BCUT2D eigenvalue weighted by Gasteiger charge is -2.39. The van der Waals surface area contributed by atoms with Crippen LogP contribution in [0.4, 0.5) is 0 Å². The Kier molecular flexibility index (Phi) is 7.15. The number of rotatable bonds is 8. The lowest BCUT2D eigenvalue weighted by molar-refractivity contribution is -0.150. The smallest absolute Gasteiger partial charge is 0.246 e. The predicted octanol–water partition coefficient (Wildman–Crippen LogP) is 1.81. The summed E-state index contributed by atoms with van der Waals surface area (Å²) in [4.78, 5) is 26.2. The van der Waals surface area contributed by atoms with Crippen LogP contribution >= 0.6 is 0 Å². The summed E-state index contributed by atoms with van der Waals surface area (Å²) < 4.78 is 5.58. The van der Waals surface area contributed by atoms with Crippen molar-refractivity contribution in [1.82, 2.24) is 10.2 Å². The van der Waals surface area contributed by atoms with E-state index in [-0.39, 0.29) is 17.7 Å². The van der Waals surface area contributed by atoms with Crippen molar-refractivity contribution >= 4 is 11.8 Å². The van der Waals surface area contributed by atoms with Crippen LogP contribution in [-0.2, 0) is 14.3 Å². The van der Waals surface area contributed by atoms with Crippen molar-refractivity contribution in [2.45, 2.75) is 59.5 Å². The van der Waals surface area contributed by atoms with Gasteiger partial charge < -0.3 is 15.0 Å². The van der Waals surface area contributed by atoms with Crippen LogP contribution in [-0.4, -0.2) is 48.6 Å². The molecule has 0 aromatic carbocycles. The molecule has 1 rings (SSSR count). The van der Waals surface area contributed by atoms with Crippen molar-refractivity contribution in [3.63, 3.8) is 0 Å². The van der Waals surface area contributed by atoms with Gasteiger partial charge in [0.2, 0.25) is 11.8 Å².